The van der Waals surface area contributed by atoms with Crippen LogP contribution in [-0.4, -0.2) is 47.0 Å². The number of benzene rings is 3. The highest BCUT2D eigenvalue weighted by atomic mass is 32.1. The van der Waals surface area contributed by atoms with Gasteiger partial charge in [0.05, 0.1) is 11.7 Å². The molecule has 5 nitrogen and oxygen atoms in total. The number of aromatic nitrogens is 1. The van der Waals surface area contributed by atoms with Crippen molar-refractivity contribution in [2.75, 3.05) is 31.5 Å². The molecular weight excluding hydrogens is 466 g/mol. The van der Waals surface area contributed by atoms with E-state index in [4.69, 9.17) is 0 Å². The summed E-state index contributed by atoms with van der Waals surface area (Å²) >= 11 is 1.40. The van der Waals surface area contributed by atoms with E-state index in [1.807, 2.05) is 35.7 Å². The summed E-state index contributed by atoms with van der Waals surface area (Å²) < 4.78 is 27.1. The number of hydrogen-bond donors (Lipinski definition) is 1. The van der Waals surface area contributed by atoms with Crippen LogP contribution >= 0.6 is 11.3 Å². The first-order chi connectivity index (χ1) is 17.1. The fraction of sp³-hybridized carbons (Fsp3) is 0.185. The van der Waals surface area contributed by atoms with Crippen LogP contribution < -0.4 is 5.32 Å². The minimum absolute atomic E-state index is 0.159. The van der Waals surface area contributed by atoms with Crippen LogP contribution in [0.15, 0.2) is 84.2 Å². The molecule has 0 aliphatic carbocycles. The lowest BCUT2D eigenvalue weighted by Crippen LogP contribution is -2.51. The molecule has 0 radical (unpaired) electrons. The molecule has 0 saturated carbocycles. The van der Waals surface area contributed by atoms with Gasteiger partial charge >= 0.3 is 6.03 Å². The third-order valence-corrected chi connectivity index (χ3v) is 6.88. The maximum absolute atomic E-state index is 13.5. The summed E-state index contributed by atoms with van der Waals surface area (Å²) in [5.74, 6) is -0.601. The molecule has 1 saturated heterocycles. The Morgan fingerprint density at radius 3 is 1.97 bits per heavy atom. The van der Waals surface area contributed by atoms with E-state index in [0.717, 1.165) is 22.4 Å². The van der Waals surface area contributed by atoms with Gasteiger partial charge in [-0.1, -0.05) is 54.6 Å². The van der Waals surface area contributed by atoms with E-state index < -0.39 is 0 Å². The highest BCUT2D eigenvalue weighted by molar-refractivity contribution is 7.14. The van der Waals surface area contributed by atoms with E-state index in [2.05, 4.69) is 15.2 Å². The number of anilines is 1. The molecule has 3 aromatic carbocycles. The molecule has 0 atom stereocenters. The topological polar surface area (TPSA) is 48.5 Å². The van der Waals surface area contributed by atoms with Crippen LogP contribution in [-0.2, 0) is 0 Å². The molecule has 4 aromatic rings. The van der Waals surface area contributed by atoms with Gasteiger partial charge in [-0.05, 0) is 35.4 Å². The van der Waals surface area contributed by atoms with E-state index in [1.165, 1.54) is 35.6 Å². The van der Waals surface area contributed by atoms with Crippen LogP contribution in [0.4, 0.5) is 18.7 Å². The number of carbonyl (C=O) groups is 1. The fourth-order valence-electron chi connectivity index (χ4n) is 4.33. The first-order valence-electron chi connectivity index (χ1n) is 11.4. The summed E-state index contributed by atoms with van der Waals surface area (Å²) in [5.41, 5.74) is 3.68. The van der Waals surface area contributed by atoms with Crippen molar-refractivity contribution >= 4 is 22.5 Å². The number of nitrogens with one attached hydrogen (secondary N) is 1. The Morgan fingerprint density at radius 2 is 1.40 bits per heavy atom. The molecular formula is C27H24F2N4OS. The van der Waals surface area contributed by atoms with Crippen molar-refractivity contribution in [1.29, 1.82) is 0 Å². The van der Waals surface area contributed by atoms with Gasteiger partial charge in [0, 0.05) is 37.1 Å². The van der Waals surface area contributed by atoms with Crippen LogP contribution in [0.25, 0.3) is 11.3 Å². The number of amides is 2. The molecule has 1 fully saturated rings. The van der Waals surface area contributed by atoms with Crippen LogP contribution in [0.1, 0.15) is 17.2 Å². The Balaban J connectivity index is 1.25. The highest BCUT2D eigenvalue weighted by Crippen LogP contribution is 2.30. The molecule has 5 rings (SSSR count). The SMILES string of the molecule is O=C(Nc1nc(-c2ccccc2)cs1)N1CCN(C(c2ccc(F)cc2)c2ccc(F)cc2)CC1. The molecule has 2 heterocycles. The van der Waals surface area contributed by atoms with Gasteiger partial charge in [0.15, 0.2) is 5.13 Å². The molecule has 1 aliphatic rings. The normalized spacial score (nSPS) is 14.3. The van der Waals surface area contributed by atoms with Crippen LogP contribution in [0.2, 0.25) is 0 Å². The van der Waals surface area contributed by atoms with Crippen molar-refractivity contribution in [3.8, 4) is 11.3 Å². The lowest BCUT2D eigenvalue weighted by Gasteiger charge is -2.39. The molecule has 35 heavy (non-hydrogen) atoms. The van der Waals surface area contributed by atoms with Crippen molar-refractivity contribution in [2.24, 2.45) is 0 Å². The van der Waals surface area contributed by atoms with Crippen LogP contribution in [0.3, 0.4) is 0 Å². The molecule has 0 spiro atoms. The van der Waals surface area contributed by atoms with Crippen LogP contribution in [0, 0.1) is 11.6 Å². The Labute approximate surface area is 206 Å². The molecule has 1 aliphatic heterocycles. The van der Waals surface area contributed by atoms with Crippen molar-refractivity contribution in [3.05, 3.63) is 107 Å². The number of urea groups is 1. The number of hydrogen-bond acceptors (Lipinski definition) is 4. The van der Waals surface area contributed by atoms with Gasteiger partial charge in [-0.3, -0.25) is 10.2 Å². The summed E-state index contributed by atoms with van der Waals surface area (Å²) in [5, 5.41) is 5.41. The van der Waals surface area contributed by atoms with Gasteiger partial charge in [-0.2, -0.15) is 0 Å². The van der Waals surface area contributed by atoms with Crippen molar-refractivity contribution in [2.45, 2.75) is 6.04 Å². The second-order valence-electron chi connectivity index (χ2n) is 8.36. The summed E-state index contributed by atoms with van der Waals surface area (Å²) in [7, 11) is 0. The Bertz CT molecular complexity index is 1230. The van der Waals surface area contributed by atoms with Gasteiger partial charge in [-0.25, -0.2) is 18.6 Å². The number of piperazine rings is 1. The smallest absolute Gasteiger partial charge is 0.322 e. The standard InChI is InChI=1S/C27H24F2N4OS/c28-22-10-6-20(7-11-22)25(21-8-12-23(29)13-9-21)32-14-16-33(17-15-32)27(34)31-26-30-24(18-35-26)19-4-2-1-3-5-19/h1-13,18,25H,14-17H2,(H,30,31,34). The zero-order chi connectivity index (χ0) is 24.2. The predicted octanol–water partition coefficient (Wildman–Crippen LogP) is 6.03. The maximum atomic E-state index is 13.5. The zero-order valence-electron chi connectivity index (χ0n) is 18.9. The first kappa shape index (κ1) is 23.1. The summed E-state index contributed by atoms with van der Waals surface area (Å²) in [4.78, 5) is 21.4. The number of halogens is 2. The Hall–Kier alpha value is -3.62. The summed E-state index contributed by atoms with van der Waals surface area (Å²) in [6.45, 7) is 2.31. The van der Waals surface area contributed by atoms with E-state index >= 15 is 0 Å². The van der Waals surface area contributed by atoms with Crippen molar-refractivity contribution in [1.82, 2.24) is 14.8 Å². The number of thiazole rings is 1. The monoisotopic (exact) mass is 490 g/mol. The minimum atomic E-state index is -0.300. The third kappa shape index (κ3) is 5.39. The minimum Gasteiger partial charge on any atom is -0.322 e. The maximum Gasteiger partial charge on any atom is 0.323 e. The average molecular weight is 491 g/mol. The first-order valence-corrected chi connectivity index (χ1v) is 12.3. The van der Waals surface area contributed by atoms with E-state index in [1.54, 1.807) is 29.2 Å². The molecule has 8 heteroatoms. The molecule has 2 amide bonds. The average Bonchev–Trinajstić information content (AvgIpc) is 3.36. The zero-order valence-corrected chi connectivity index (χ0v) is 19.7. The van der Waals surface area contributed by atoms with Gasteiger partial charge in [0.2, 0.25) is 0 Å². The molecule has 0 bridgehead atoms. The quantitative estimate of drug-likeness (QED) is 0.372. The van der Waals surface area contributed by atoms with E-state index in [0.29, 0.717) is 31.3 Å². The fourth-order valence-corrected chi connectivity index (χ4v) is 5.04. The van der Waals surface area contributed by atoms with Crippen LogP contribution in [0.5, 0.6) is 0 Å². The van der Waals surface area contributed by atoms with Gasteiger partial charge in [-0.15, -0.1) is 11.3 Å². The summed E-state index contributed by atoms with van der Waals surface area (Å²) in [6.07, 6.45) is 0. The van der Waals surface area contributed by atoms with Gasteiger partial charge in [0.25, 0.3) is 0 Å². The van der Waals surface area contributed by atoms with Gasteiger partial charge < -0.3 is 4.90 Å². The summed E-state index contributed by atoms with van der Waals surface area (Å²) in [6, 6.07) is 22.3. The molecule has 0 unspecified atom stereocenters. The second-order valence-corrected chi connectivity index (χ2v) is 9.22. The largest absolute Gasteiger partial charge is 0.323 e. The lowest BCUT2D eigenvalue weighted by molar-refractivity contribution is 0.126. The lowest BCUT2D eigenvalue weighted by atomic mass is 9.96. The van der Waals surface area contributed by atoms with E-state index in [-0.39, 0.29) is 23.7 Å². The Kier molecular flexibility index (Phi) is 6.83. The third-order valence-electron chi connectivity index (χ3n) is 6.13. The number of nitrogens with zero attached hydrogens (tertiary/aromatic N) is 3. The van der Waals surface area contributed by atoms with Crippen molar-refractivity contribution in [3.63, 3.8) is 0 Å². The Morgan fingerprint density at radius 1 is 0.829 bits per heavy atom. The van der Waals surface area contributed by atoms with Crippen molar-refractivity contribution < 1.29 is 13.6 Å². The van der Waals surface area contributed by atoms with Gasteiger partial charge in [0.1, 0.15) is 11.6 Å². The second kappa shape index (κ2) is 10.3. The molecule has 1 N–H and O–H groups in total. The highest BCUT2D eigenvalue weighted by Gasteiger charge is 2.28. The molecule has 1 aromatic heterocycles. The number of rotatable bonds is 5. The van der Waals surface area contributed by atoms with E-state index in [9.17, 15) is 13.6 Å². The number of carbonyl (C=O) groups excluding carboxylic acids is 1. The predicted molar refractivity (Wildman–Crippen MR) is 134 cm³/mol. The molecule has 178 valence electrons.